The third kappa shape index (κ3) is 1.30. The van der Waals surface area contributed by atoms with Gasteiger partial charge < -0.3 is 4.57 Å². The smallest absolute Gasteiger partial charge is 0.105 e. The van der Waals surface area contributed by atoms with Gasteiger partial charge in [0.15, 0.2) is 0 Å². The average Bonchev–Trinajstić information content (AvgIpc) is 2.17. The summed E-state index contributed by atoms with van der Waals surface area (Å²) in [6, 6.07) is 0. The van der Waals surface area contributed by atoms with Gasteiger partial charge in [-0.2, -0.15) is 0 Å². The molecule has 0 saturated carbocycles. The second-order valence-electron chi connectivity index (χ2n) is 3.34. The monoisotopic (exact) mass is 152 g/mol. The van der Waals surface area contributed by atoms with Crippen molar-refractivity contribution in [2.24, 2.45) is 7.05 Å². The standard InChI is InChI=1S/C9H16N2/c1-6(2)9-7(3)11(5)8(4)10-9/h6H,1-5H3. The Morgan fingerprint density at radius 1 is 1.27 bits per heavy atom. The number of hydrogen-bond donors (Lipinski definition) is 0. The largest absolute Gasteiger partial charge is 0.335 e. The third-order valence-electron chi connectivity index (χ3n) is 2.19. The topological polar surface area (TPSA) is 17.8 Å². The fourth-order valence-corrected chi connectivity index (χ4v) is 1.29. The van der Waals surface area contributed by atoms with E-state index in [2.05, 4.69) is 37.4 Å². The van der Waals surface area contributed by atoms with Crippen LogP contribution in [-0.2, 0) is 7.05 Å². The van der Waals surface area contributed by atoms with Crippen LogP contribution >= 0.6 is 0 Å². The van der Waals surface area contributed by atoms with E-state index in [0.717, 1.165) is 5.82 Å². The predicted molar refractivity (Wildman–Crippen MR) is 46.8 cm³/mol. The van der Waals surface area contributed by atoms with Crippen LogP contribution in [0, 0.1) is 13.8 Å². The van der Waals surface area contributed by atoms with E-state index in [4.69, 9.17) is 0 Å². The molecule has 0 amide bonds. The summed E-state index contributed by atoms with van der Waals surface area (Å²) >= 11 is 0. The first-order valence-corrected chi connectivity index (χ1v) is 4.04. The maximum absolute atomic E-state index is 4.47. The Labute approximate surface area is 68.3 Å². The van der Waals surface area contributed by atoms with Gasteiger partial charge in [0.2, 0.25) is 0 Å². The van der Waals surface area contributed by atoms with Crippen molar-refractivity contribution in [3.8, 4) is 0 Å². The first-order valence-electron chi connectivity index (χ1n) is 4.04. The van der Waals surface area contributed by atoms with Gasteiger partial charge >= 0.3 is 0 Å². The van der Waals surface area contributed by atoms with Crippen molar-refractivity contribution >= 4 is 0 Å². The maximum atomic E-state index is 4.47. The molecule has 0 aliphatic heterocycles. The van der Waals surface area contributed by atoms with E-state index in [-0.39, 0.29) is 0 Å². The molecule has 0 spiro atoms. The van der Waals surface area contributed by atoms with E-state index in [0.29, 0.717) is 5.92 Å². The second kappa shape index (κ2) is 2.68. The highest BCUT2D eigenvalue weighted by Gasteiger charge is 2.10. The van der Waals surface area contributed by atoms with Crippen molar-refractivity contribution in [3.05, 3.63) is 17.2 Å². The van der Waals surface area contributed by atoms with E-state index in [1.54, 1.807) is 0 Å². The normalized spacial score (nSPS) is 11.1. The first kappa shape index (κ1) is 8.31. The van der Waals surface area contributed by atoms with E-state index >= 15 is 0 Å². The Morgan fingerprint density at radius 3 is 2.00 bits per heavy atom. The summed E-state index contributed by atoms with van der Waals surface area (Å²) in [5, 5.41) is 0. The van der Waals surface area contributed by atoms with E-state index < -0.39 is 0 Å². The molecule has 0 N–H and O–H groups in total. The zero-order chi connectivity index (χ0) is 8.59. The molecule has 0 radical (unpaired) electrons. The highest BCUT2D eigenvalue weighted by atomic mass is 15.1. The van der Waals surface area contributed by atoms with Gasteiger partial charge in [-0.05, 0) is 19.8 Å². The molecule has 0 aromatic carbocycles. The van der Waals surface area contributed by atoms with Gasteiger partial charge in [0.05, 0.1) is 5.69 Å². The van der Waals surface area contributed by atoms with Crippen LogP contribution in [0.1, 0.15) is 37.0 Å². The Balaban J connectivity index is 3.19. The Morgan fingerprint density at radius 2 is 1.82 bits per heavy atom. The van der Waals surface area contributed by atoms with Crippen LogP contribution in [0.15, 0.2) is 0 Å². The third-order valence-corrected chi connectivity index (χ3v) is 2.19. The van der Waals surface area contributed by atoms with Gasteiger partial charge in [-0.25, -0.2) is 4.98 Å². The maximum Gasteiger partial charge on any atom is 0.105 e. The lowest BCUT2D eigenvalue weighted by Crippen LogP contribution is -1.95. The minimum absolute atomic E-state index is 0.537. The Hall–Kier alpha value is -0.790. The van der Waals surface area contributed by atoms with E-state index in [1.807, 2.05) is 6.92 Å². The van der Waals surface area contributed by atoms with Crippen LogP contribution in [0.4, 0.5) is 0 Å². The van der Waals surface area contributed by atoms with Crippen molar-refractivity contribution in [1.29, 1.82) is 0 Å². The fraction of sp³-hybridized carbons (Fsp3) is 0.667. The molecular formula is C9H16N2. The fourth-order valence-electron chi connectivity index (χ4n) is 1.29. The van der Waals surface area contributed by atoms with Crippen LogP contribution in [-0.4, -0.2) is 9.55 Å². The van der Waals surface area contributed by atoms with Gasteiger partial charge in [-0.3, -0.25) is 0 Å². The van der Waals surface area contributed by atoms with Crippen molar-refractivity contribution in [3.63, 3.8) is 0 Å². The highest BCUT2D eigenvalue weighted by Crippen LogP contribution is 2.17. The number of rotatable bonds is 1. The number of nitrogens with zero attached hydrogens (tertiary/aromatic N) is 2. The quantitative estimate of drug-likeness (QED) is 0.603. The van der Waals surface area contributed by atoms with Gasteiger partial charge in [0, 0.05) is 12.7 Å². The van der Waals surface area contributed by atoms with Crippen LogP contribution in [0.3, 0.4) is 0 Å². The molecule has 11 heavy (non-hydrogen) atoms. The number of aromatic nitrogens is 2. The Bertz CT molecular complexity index is 259. The van der Waals surface area contributed by atoms with Crippen LogP contribution in [0.2, 0.25) is 0 Å². The average molecular weight is 152 g/mol. The van der Waals surface area contributed by atoms with Gasteiger partial charge in [-0.1, -0.05) is 13.8 Å². The lowest BCUT2D eigenvalue weighted by Gasteiger charge is -2.01. The Kier molecular flexibility index (Phi) is 2.03. The SMILES string of the molecule is Cc1nc(C(C)C)c(C)n1C. The van der Waals surface area contributed by atoms with Crippen molar-refractivity contribution < 1.29 is 0 Å². The minimum Gasteiger partial charge on any atom is -0.335 e. The molecule has 0 aliphatic carbocycles. The molecule has 0 unspecified atom stereocenters. The van der Waals surface area contributed by atoms with Gasteiger partial charge in [-0.15, -0.1) is 0 Å². The molecule has 0 atom stereocenters. The molecule has 0 fully saturated rings. The summed E-state index contributed by atoms with van der Waals surface area (Å²) in [6.45, 7) is 8.51. The molecular weight excluding hydrogens is 136 g/mol. The molecule has 1 aromatic heterocycles. The number of hydrogen-bond acceptors (Lipinski definition) is 1. The van der Waals surface area contributed by atoms with Gasteiger partial charge in [0.25, 0.3) is 0 Å². The first-order chi connectivity index (χ1) is 5.04. The lowest BCUT2D eigenvalue weighted by molar-refractivity contribution is 0.804. The van der Waals surface area contributed by atoms with Crippen LogP contribution in [0.5, 0.6) is 0 Å². The van der Waals surface area contributed by atoms with Gasteiger partial charge in [0.1, 0.15) is 5.82 Å². The van der Waals surface area contributed by atoms with Crippen LogP contribution < -0.4 is 0 Å². The van der Waals surface area contributed by atoms with Crippen molar-refractivity contribution in [1.82, 2.24) is 9.55 Å². The van der Waals surface area contributed by atoms with E-state index in [9.17, 15) is 0 Å². The zero-order valence-corrected chi connectivity index (χ0v) is 7.97. The molecule has 2 heteroatoms. The predicted octanol–water partition coefficient (Wildman–Crippen LogP) is 2.16. The molecule has 1 rings (SSSR count). The number of aryl methyl sites for hydroxylation is 1. The lowest BCUT2D eigenvalue weighted by atomic mass is 10.1. The second-order valence-corrected chi connectivity index (χ2v) is 3.34. The van der Waals surface area contributed by atoms with E-state index in [1.165, 1.54) is 11.4 Å². The summed E-state index contributed by atoms with van der Waals surface area (Å²) in [4.78, 5) is 4.47. The molecule has 1 heterocycles. The zero-order valence-electron chi connectivity index (χ0n) is 7.97. The highest BCUT2D eigenvalue weighted by molar-refractivity contribution is 5.17. The molecule has 0 aliphatic rings. The summed E-state index contributed by atoms with van der Waals surface area (Å²) in [6.07, 6.45) is 0. The summed E-state index contributed by atoms with van der Waals surface area (Å²) < 4.78 is 2.13. The summed E-state index contributed by atoms with van der Waals surface area (Å²) in [5.74, 6) is 1.64. The molecule has 0 saturated heterocycles. The van der Waals surface area contributed by atoms with Crippen LogP contribution in [0.25, 0.3) is 0 Å². The van der Waals surface area contributed by atoms with Crippen molar-refractivity contribution in [2.45, 2.75) is 33.6 Å². The molecule has 2 nitrogen and oxygen atoms in total. The number of imidazole rings is 1. The molecule has 1 aromatic rings. The molecule has 0 bridgehead atoms. The van der Waals surface area contributed by atoms with Crippen molar-refractivity contribution in [2.75, 3.05) is 0 Å². The minimum atomic E-state index is 0.537. The summed E-state index contributed by atoms with van der Waals surface area (Å²) in [5.41, 5.74) is 2.52. The summed E-state index contributed by atoms with van der Waals surface area (Å²) in [7, 11) is 2.06. The molecule has 62 valence electrons.